The van der Waals surface area contributed by atoms with Crippen molar-refractivity contribution in [3.63, 3.8) is 0 Å². The third kappa shape index (κ3) is 7.66. The van der Waals surface area contributed by atoms with Crippen LogP contribution in [0.15, 0.2) is 146 Å². The fraction of sp³-hybridized carbons (Fsp3) is 0.106. The second kappa shape index (κ2) is 15.0. The molecule has 7 N–H and O–H groups in total. The first-order valence-corrected chi connectivity index (χ1v) is 17.6. The van der Waals surface area contributed by atoms with Gasteiger partial charge in [-0.3, -0.25) is 0 Å². The monoisotopic (exact) mass is 716 g/mol. The molecule has 7 aromatic carbocycles. The van der Waals surface area contributed by atoms with Crippen molar-refractivity contribution in [3.05, 3.63) is 207 Å². The molecular formula is C47H40O7. The molecule has 0 aliphatic heterocycles. The van der Waals surface area contributed by atoms with Crippen LogP contribution in [-0.2, 0) is 12.8 Å². The normalized spacial score (nSPS) is 11.3. The van der Waals surface area contributed by atoms with Crippen molar-refractivity contribution in [2.75, 3.05) is 0 Å². The van der Waals surface area contributed by atoms with E-state index in [1.54, 1.807) is 60.7 Å². The van der Waals surface area contributed by atoms with Gasteiger partial charge in [0.05, 0.1) is 0 Å². The molecule has 0 heterocycles. The van der Waals surface area contributed by atoms with Crippen molar-refractivity contribution in [3.8, 4) is 40.2 Å². The van der Waals surface area contributed by atoms with E-state index in [4.69, 9.17) is 0 Å². The second-order valence-corrected chi connectivity index (χ2v) is 13.8. The summed E-state index contributed by atoms with van der Waals surface area (Å²) >= 11 is 0. The van der Waals surface area contributed by atoms with Gasteiger partial charge in [-0.05, 0) is 112 Å². The van der Waals surface area contributed by atoms with Gasteiger partial charge in [-0.2, -0.15) is 0 Å². The first-order valence-electron chi connectivity index (χ1n) is 17.6. The molecule has 0 saturated carbocycles. The fourth-order valence-corrected chi connectivity index (χ4v) is 7.30. The topological polar surface area (TPSA) is 142 Å². The minimum Gasteiger partial charge on any atom is -0.508 e. The largest absolute Gasteiger partial charge is 0.508 e. The highest BCUT2D eigenvalue weighted by Crippen LogP contribution is 2.41. The number of phenols is 7. The average Bonchev–Trinajstić information content (AvgIpc) is 3.16. The summed E-state index contributed by atoms with van der Waals surface area (Å²) in [5.41, 5.74) is 8.81. The first kappa shape index (κ1) is 35.5. The van der Waals surface area contributed by atoms with Crippen LogP contribution in [0.25, 0.3) is 0 Å². The summed E-state index contributed by atoms with van der Waals surface area (Å²) in [6.45, 7) is 1.98. The van der Waals surface area contributed by atoms with Crippen LogP contribution in [-0.4, -0.2) is 35.7 Å². The predicted molar refractivity (Wildman–Crippen MR) is 209 cm³/mol. The number of aromatic hydroxyl groups is 7. The zero-order chi connectivity index (χ0) is 37.9. The first-order chi connectivity index (χ1) is 26.0. The lowest BCUT2D eigenvalue weighted by Crippen LogP contribution is -2.05. The molecule has 0 atom stereocenters. The standard InChI is InChI=1S/C47H40O7/c1-28-22-35(24-29-2-20-43(52)41(26-29)45(31-4-12-37(48)13-5-31)32-6-14-38(49)15-7-32)47(54)36(23-28)25-30-3-21-44(53)42(27-30)46(33-8-16-39(50)17-9-33)34-10-18-40(51)19-11-34/h2-23,26-27,45-46,48-54H,24-25H2,1H3. The molecule has 7 nitrogen and oxygen atoms in total. The molecule has 0 radical (unpaired) electrons. The minimum absolute atomic E-state index is 0.0973. The van der Waals surface area contributed by atoms with Gasteiger partial charge in [0.1, 0.15) is 40.2 Å². The third-order valence-corrected chi connectivity index (χ3v) is 9.91. The summed E-state index contributed by atoms with van der Waals surface area (Å²) < 4.78 is 0. The Morgan fingerprint density at radius 1 is 0.370 bits per heavy atom. The molecule has 0 amide bonds. The molecule has 7 rings (SSSR count). The van der Waals surface area contributed by atoms with Gasteiger partial charge in [-0.1, -0.05) is 90.5 Å². The number of aryl methyl sites for hydroxylation is 1. The smallest absolute Gasteiger partial charge is 0.122 e. The molecule has 0 unspecified atom stereocenters. The highest BCUT2D eigenvalue weighted by Gasteiger charge is 2.23. The van der Waals surface area contributed by atoms with E-state index in [0.717, 1.165) is 50.1 Å². The Hall–Kier alpha value is -6.86. The number of phenolic OH excluding ortho intramolecular Hbond substituents is 7. The van der Waals surface area contributed by atoms with Crippen molar-refractivity contribution in [1.29, 1.82) is 0 Å². The van der Waals surface area contributed by atoms with E-state index in [0.29, 0.717) is 24.0 Å². The molecule has 270 valence electrons. The molecular weight excluding hydrogens is 677 g/mol. The van der Waals surface area contributed by atoms with Gasteiger partial charge in [-0.25, -0.2) is 0 Å². The van der Waals surface area contributed by atoms with Crippen LogP contribution in [0.2, 0.25) is 0 Å². The van der Waals surface area contributed by atoms with Crippen molar-refractivity contribution >= 4 is 0 Å². The molecule has 0 saturated heterocycles. The summed E-state index contributed by atoms with van der Waals surface area (Å²) in [5, 5.41) is 74.0. The predicted octanol–water partition coefficient (Wildman–Crippen LogP) is 9.48. The van der Waals surface area contributed by atoms with Crippen LogP contribution in [0, 0.1) is 6.92 Å². The van der Waals surface area contributed by atoms with Gasteiger partial charge >= 0.3 is 0 Å². The molecule has 0 bridgehead atoms. The van der Waals surface area contributed by atoms with E-state index in [2.05, 4.69) is 0 Å². The van der Waals surface area contributed by atoms with Crippen LogP contribution in [0.5, 0.6) is 40.2 Å². The Kier molecular flexibility index (Phi) is 9.88. The van der Waals surface area contributed by atoms with E-state index >= 15 is 0 Å². The van der Waals surface area contributed by atoms with Crippen molar-refractivity contribution in [2.24, 2.45) is 0 Å². The fourth-order valence-electron chi connectivity index (χ4n) is 7.30. The number of benzene rings is 7. The van der Waals surface area contributed by atoms with Crippen LogP contribution < -0.4 is 0 Å². The Bertz CT molecular complexity index is 2140. The zero-order valence-electron chi connectivity index (χ0n) is 29.6. The summed E-state index contributed by atoms with van der Waals surface area (Å²) in [6, 6.07) is 42.1. The minimum atomic E-state index is -0.400. The van der Waals surface area contributed by atoms with Gasteiger partial charge in [0.25, 0.3) is 0 Å². The van der Waals surface area contributed by atoms with Gasteiger partial charge in [0.2, 0.25) is 0 Å². The van der Waals surface area contributed by atoms with E-state index in [-0.39, 0.29) is 40.2 Å². The molecule has 0 fully saturated rings. The number of hydrogen-bond donors (Lipinski definition) is 7. The quantitative estimate of drug-likeness (QED) is 0.0700. The van der Waals surface area contributed by atoms with Crippen molar-refractivity contribution < 1.29 is 35.7 Å². The summed E-state index contributed by atoms with van der Waals surface area (Å²) in [5.74, 6) is 0.0731. The van der Waals surface area contributed by atoms with Crippen molar-refractivity contribution in [1.82, 2.24) is 0 Å². The number of hydrogen-bond acceptors (Lipinski definition) is 7. The number of rotatable bonds is 10. The van der Waals surface area contributed by atoms with E-state index in [1.165, 1.54) is 0 Å². The highest BCUT2D eigenvalue weighted by atomic mass is 16.3. The molecule has 0 aliphatic rings. The SMILES string of the molecule is Cc1cc(Cc2ccc(O)c(C(c3ccc(O)cc3)c3ccc(O)cc3)c2)c(O)c(Cc2ccc(O)c(C(c3ccc(O)cc3)c3ccc(O)cc3)c2)c1. The van der Waals surface area contributed by atoms with E-state index < -0.39 is 11.8 Å². The lowest BCUT2D eigenvalue weighted by Gasteiger charge is -2.22. The van der Waals surface area contributed by atoms with Gasteiger partial charge in [0, 0.05) is 35.8 Å². The molecule has 0 aliphatic carbocycles. The lowest BCUT2D eigenvalue weighted by molar-refractivity contribution is 0.462. The Labute approximate surface area is 313 Å². The second-order valence-electron chi connectivity index (χ2n) is 13.8. The summed E-state index contributed by atoms with van der Waals surface area (Å²) in [6.07, 6.45) is 0.770. The van der Waals surface area contributed by atoms with Crippen LogP contribution in [0.1, 0.15) is 73.0 Å². The average molecular weight is 717 g/mol. The maximum absolute atomic E-state index is 11.7. The molecule has 0 aromatic heterocycles. The zero-order valence-corrected chi connectivity index (χ0v) is 29.6. The molecule has 54 heavy (non-hydrogen) atoms. The maximum atomic E-state index is 11.7. The van der Waals surface area contributed by atoms with Crippen LogP contribution in [0.3, 0.4) is 0 Å². The lowest BCUT2D eigenvalue weighted by atomic mass is 9.83. The Balaban J connectivity index is 1.22. The third-order valence-electron chi connectivity index (χ3n) is 9.91. The van der Waals surface area contributed by atoms with Gasteiger partial charge in [-0.15, -0.1) is 0 Å². The highest BCUT2D eigenvalue weighted by molar-refractivity contribution is 5.55. The summed E-state index contributed by atoms with van der Waals surface area (Å²) in [7, 11) is 0. The van der Waals surface area contributed by atoms with Crippen LogP contribution >= 0.6 is 0 Å². The van der Waals surface area contributed by atoms with E-state index in [1.807, 2.05) is 91.9 Å². The van der Waals surface area contributed by atoms with Gasteiger partial charge in [0.15, 0.2) is 0 Å². The van der Waals surface area contributed by atoms with Crippen molar-refractivity contribution in [2.45, 2.75) is 31.6 Å². The molecule has 0 spiro atoms. The Morgan fingerprint density at radius 2 is 0.667 bits per heavy atom. The maximum Gasteiger partial charge on any atom is 0.122 e. The molecule has 7 aromatic rings. The Morgan fingerprint density at radius 3 is 0.963 bits per heavy atom. The van der Waals surface area contributed by atoms with Crippen LogP contribution in [0.4, 0.5) is 0 Å². The summed E-state index contributed by atoms with van der Waals surface area (Å²) in [4.78, 5) is 0. The van der Waals surface area contributed by atoms with Gasteiger partial charge < -0.3 is 35.7 Å². The van der Waals surface area contributed by atoms with E-state index in [9.17, 15) is 35.7 Å². The molecule has 7 heteroatoms.